The van der Waals surface area contributed by atoms with E-state index in [0.29, 0.717) is 5.92 Å². The van der Waals surface area contributed by atoms with E-state index in [1.165, 1.54) is 61.1 Å². The molecule has 1 aliphatic rings. The van der Waals surface area contributed by atoms with Crippen LogP contribution >= 0.6 is 0 Å². The summed E-state index contributed by atoms with van der Waals surface area (Å²) in [5.74, 6) is 0.568. The van der Waals surface area contributed by atoms with E-state index >= 15 is 0 Å². The minimum atomic E-state index is 0.568. The van der Waals surface area contributed by atoms with Crippen LogP contribution < -0.4 is 4.90 Å². The van der Waals surface area contributed by atoms with E-state index in [2.05, 4.69) is 151 Å². The summed E-state index contributed by atoms with van der Waals surface area (Å²) in [6.07, 6.45) is 5.74. The molecule has 1 unspecified atom stereocenters. The minimum Gasteiger partial charge on any atom is -0.344 e. The lowest BCUT2D eigenvalue weighted by atomic mass is 9.93. The first kappa shape index (κ1) is 22.6. The number of rotatable bonds is 4. The minimum absolute atomic E-state index is 0.568. The van der Waals surface area contributed by atoms with Gasteiger partial charge in [-0.3, -0.25) is 0 Å². The number of para-hydroxylation sites is 1. The van der Waals surface area contributed by atoms with Gasteiger partial charge in [-0.25, -0.2) is 0 Å². The van der Waals surface area contributed by atoms with Gasteiger partial charge in [0.15, 0.2) is 0 Å². The van der Waals surface area contributed by atoms with Crippen LogP contribution in [0, 0.1) is 5.92 Å². The largest absolute Gasteiger partial charge is 0.344 e. The Morgan fingerprint density at radius 1 is 0.711 bits per heavy atom. The predicted molar refractivity (Wildman–Crippen MR) is 163 cm³/mol. The van der Waals surface area contributed by atoms with Crippen LogP contribution in [0.5, 0.6) is 0 Å². The number of benzene rings is 5. The average Bonchev–Trinajstić information content (AvgIpc) is 3.30. The van der Waals surface area contributed by atoms with Crippen molar-refractivity contribution in [2.24, 2.45) is 5.92 Å². The van der Waals surface area contributed by atoms with E-state index < -0.39 is 0 Å². The fraction of sp³-hybridized carbons (Fsp3) is 0.111. The monoisotopic (exact) mass is 490 g/mol. The van der Waals surface area contributed by atoms with Gasteiger partial charge in [0.25, 0.3) is 0 Å². The predicted octanol–water partition coefficient (Wildman–Crippen LogP) is 9.42. The van der Waals surface area contributed by atoms with Gasteiger partial charge in [-0.05, 0) is 76.9 Å². The third-order valence-electron chi connectivity index (χ3n) is 7.95. The number of nitrogens with zero attached hydrogens (tertiary/aromatic N) is 2. The molecule has 0 amide bonds. The van der Waals surface area contributed by atoms with Crippen molar-refractivity contribution in [3.05, 3.63) is 133 Å². The fourth-order valence-electron chi connectivity index (χ4n) is 5.98. The summed E-state index contributed by atoms with van der Waals surface area (Å²) in [5.41, 5.74) is 10.1. The standard InChI is InChI=1S/C36H30N2/c1-25-17-22-36-33(23-25)32-14-5-6-15-35(32)38(36)30-12-7-11-28(24-30)26-18-20-29(21-19-26)37(2)34-16-8-10-27-9-3-4-13-31(27)34/h3-22,24-25H,23H2,1-2H3. The molecule has 38 heavy (non-hydrogen) atoms. The molecule has 0 N–H and O–H groups in total. The molecule has 0 spiro atoms. The normalized spacial score (nSPS) is 14.6. The van der Waals surface area contributed by atoms with Gasteiger partial charge in [0.1, 0.15) is 0 Å². The molecule has 0 aliphatic heterocycles. The number of allylic oxidation sites excluding steroid dienone is 1. The second-order valence-corrected chi connectivity index (χ2v) is 10.4. The van der Waals surface area contributed by atoms with E-state index in [1.807, 2.05) is 0 Å². The Morgan fingerprint density at radius 2 is 1.45 bits per heavy atom. The Balaban J connectivity index is 1.26. The summed E-state index contributed by atoms with van der Waals surface area (Å²) in [7, 11) is 2.14. The van der Waals surface area contributed by atoms with Gasteiger partial charge in [0.05, 0.1) is 5.52 Å². The quantitative estimate of drug-likeness (QED) is 0.239. The molecule has 0 fully saturated rings. The van der Waals surface area contributed by atoms with Crippen LogP contribution in [-0.2, 0) is 6.42 Å². The molecule has 1 heterocycles. The molecule has 0 saturated heterocycles. The lowest BCUT2D eigenvalue weighted by molar-refractivity contribution is 0.718. The molecule has 1 aromatic heterocycles. The summed E-state index contributed by atoms with van der Waals surface area (Å²) in [5, 5.41) is 3.89. The van der Waals surface area contributed by atoms with Gasteiger partial charge in [0, 0.05) is 40.6 Å². The molecular weight excluding hydrogens is 460 g/mol. The van der Waals surface area contributed by atoms with Gasteiger partial charge in [-0.2, -0.15) is 0 Å². The molecule has 7 rings (SSSR count). The van der Waals surface area contributed by atoms with Gasteiger partial charge >= 0.3 is 0 Å². The molecule has 0 saturated carbocycles. The zero-order valence-corrected chi connectivity index (χ0v) is 21.8. The molecule has 1 atom stereocenters. The first-order valence-electron chi connectivity index (χ1n) is 13.4. The fourth-order valence-corrected chi connectivity index (χ4v) is 5.98. The highest BCUT2D eigenvalue weighted by molar-refractivity contribution is 5.96. The first-order chi connectivity index (χ1) is 18.7. The van der Waals surface area contributed by atoms with E-state index in [9.17, 15) is 0 Å². The molecule has 1 aliphatic carbocycles. The number of fused-ring (bicyclic) bond motifs is 4. The van der Waals surface area contributed by atoms with Crippen molar-refractivity contribution in [3.8, 4) is 16.8 Å². The lowest BCUT2D eigenvalue weighted by Crippen LogP contribution is -2.09. The Morgan fingerprint density at radius 3 is 2.32 bits per heavy atom. The first-order valence-corrected chi connectivity index (χ1v) is 13.4. The van der Waals surface area contributed by atoms with Crippen LogP contribution in [0.1, 0.15) is 18.2 Å². The molecule has 0 bridgehead atoms. The van der Waals surface area contributed by atoms with Crippen molar-refractivity contribution in [2.75, 3.05) is 11.9 Å². The molecule has 6 aromatic rings. The maximum absolute atomic E-state index is 2.43. The Hall–Kier alpha value is -4.56. The summed E-state index contributed by atoms with van der Waals surface area (Å²) >= 11 is 0. The van der Waals surface area contributed by atoms with E-state index in [1.54, 1.807) is 0 Å². The molecule has 5 aromatic carbocycles. The highest BCUT2D eigenvalue weighted by Crippen LogP contribution is 2.37. The van der Waals surface area contributed by atoms with Crippen molar-refractivity contribution >= 4 is 39.1 Å². The van der Waals surface area contributed by atoms with Crippen molar-refractivity contribution in [1.29, 1.82) is 0 Å². The summed E-state index contributed by atoms with van der Waals surface area (Å²) in [6, 6.07) is 41.7. The second-order valence-electron chi connectivity index (χ2n) is 10.4. The van der Waals surface area contributed by atoms with Gasteiger partial charge in [-0.1, -0.05) is 91.9 Å². The summed E-state index contributed by atoms with van der Waals surface area (Å²) < 4.78 is 2.43. The highest BCUT2D eigenvalue weighted by Gasteiger charge is 2.20. The topological polar surface area (TPSA) is 8.17 Å². The van der Waals surface area contributed by atoms with Gasteiger partial charge in [0.2, 0.25) is 0 Å². The zero-order valence-electron chi connectivity index (χ0n) is 21.8. The van der Waals surface area contributed by atoms with E-state index in [0.717, 1.165) is 6.42 Å². The number of anilines is 2. The Bertz CT molecular complexity index is 1820. The van der Waals surface area contributed by atoms with E-state index in [-0.39, 0.29) is 0 Å². The summed E-state index contributed by atoms with van der Waals surface area (Å²) in [4.78, 5) is 2.27. The second kappa shape index (κ2) is 9.08. The zero-order chi connectivity index (χ0) is 25.6. The molecule has 0 radical (unpaired) electrons. The van der Waals surface area contributed by atoms with E-state index in [4.69, 9.17) is 0 Å². The average molecular weight is 491 g/mol. The third-order valence-corrected chi connectivity index (χ3v) is 7.95. The van der Waals surface area contributed by atoms with Crippen LogP contribution in [0.25, 0.3) is 44.6 Å². The third kappa shape index (κ3) is 3.72. The van der Waals surface area contributed by atoms with Gasteiger partial charge < -0.3 is 9.47 Å². The van der Waals surface area contributed by atoms with Gasteiger partial charge in [-0.15, -0.1) is 0 Å². The van der Waals surface area contributed by atoms with Crippen LogP contribution in [0.2, 0.25) is 0 Å². The van der Waals surface area contributed by atoms with Crippen LogP contribution in [0.4, 0.5) is 11.4 Å². The molecular formula is C36H30N2. The number of aromatic nitrogens is 1. The molecule has 2 nitrogen and oxygen atoms in total. The maximum Gasteiger partial charge on any atom is 0.0537 e. The lowest BCUT2D eigenvalue weighted by Gasteiger charge is -2.22. The molecule has 184 valence electrons. The Labute approximate surface area is 224 Å². The van der Waals surface area contributed by atoms with Crippen molar-refractivity contribution in [1.82, 2.24) is 4.57 Å². The SMILES string of the molecule is CC1C=Cc2c(c3ccccc3n2-c2cccc(-c3ccc(N(C)c4cccc5ccccc45)cc3)c2)C1. The van der Waals surface area contributed by atoms with Crippen molar-refractivity contribution < 1.29 is 0 Å². The Kier molecular flexibility index (Phi) is 5.40. The van der Waals surface area contributed by atoms with Crippen LogP contribution in [-0.4, -0.2) is 11.6 Å². The number of hydrogen-bond donors (Lipinski definition) is 0. The number of hydrogen-bond acceptors (Lipinski definition) is 1. The van der Waals surface area contributed by atoms with Crippen molar-refractivity contribution in [3.63, 3.8) is 0 Å². The smallest absolute Gasteiger partial charge is 0.0537 e. The highest BCUT2D eigenvalue weighted by atomic mass is 15.1. The van der Waals surface area contributed by atoms with Crippen LogP contribution in [0.3, 0.4) is 0 Å². The van der Waals surface area contributed by atoms with Crippen LogP contribution in [0.15, 0.2) is 121 Å². The van der Waals surface area contributed by atoms with Crippen molar-refractivity contribution in [2.45, 2.75) is 13.3 Å². The molecule has 2 heteroatoms. The summed E-state index contributed by atoms with van der Waals surface area (Å²) in [6.45, 7) is 2.30. The maximum atomic E-state index is 2.43.